The fourth-order valence-corrected chi connectivity index (χ4v) is 3.15. The molecule has 0 aliphatic heterocycles. The molecule has 3 aromatic heterocycles. The van der Waals surface area contributed by atoms with Gasteiger partial charge in [-0.05, 0) is 29.3 Å². The number of nitrogens with zero attached hydrogens (tertiary/aromatic N) is 5. The second kappa shape index (κ2) is 6.87. The number of pyridine rings is 1. The third-order valence-corrected chi connectivity index (χ3v) is 4.42. The van der Waals surface area contributed by atoms with Gasteiger partial charge in [-0.2, -0.15) is 13.2 Å². The van der Waals surface area contributed by atoms with Crippen LogP contribution in [0.3, 0.4) is 0 Å². The van der Waals surface area contributed by atoms with E-state index < -0.39 is 11.9 Å². The van der Waals surface area contributed by atoms with Crippen molar-refractivity contribution in [3.63, 3.8) is 0 Å². The van der Waals surface area contributed by atoms with Gasteiger partial charge in [0, 0.05) is 31.4 Å². The first-order valence-corrected chi connectivity index (χ1v) is 8.66. The first-order chi connectivity index (χ1) is 13.3. The Morgan fingerprint density at radius 1 is 1.04 bits per heavy atom. The van der Waals surface area contributed by atoms with Crippen LogP contribution in [0, 0.1) is 0 Å². The van der Waals surface area contributed by atoms with Crippen LogP contribution in [0.25, 0.3) is 22.4 Å². The number of halogens is 4. The first-order valence-electron chi connectivity index (χ1n) is 8.28. The van der Waals surface area contributed by atoms with Crippen molar-refractivity contribution in [2.45, 2.75) is 12.6 Å². The Hall–Kier alpha value is -3.00. The van der Waals surface area contributed by atoms with Crippen molar-refractivity contribution in [2.24, 2.45) is 7.05 Å². The SMILES string of the molecule is Cn1cc(C(F)(F)F)nc1-c1ccc(Cc2nc(Cl)nc3cccnc23)cc1. The third kappa shape index (κ3) is 3.55. The summed E-state index contributed by atoms with van der Waals surface area (Å²) in [5.41, 5.74) is 2.58. The molecule has 9 heteroatoms. The zero-order valence-corrected chi connectivity index (χ0v) is 15.3. The van der Waals surface area contributed by atoms with Crippen molar-refractivity contribution in [2.75, 3.05) is 0 Å². The molecule has 5 nitrogen and oxygen atoms in total. The lowest BCUT2D eigenvalue weighted by atomic mass is 10.1. The van der Waals surface area contributed by atoms with Gasteiger partial charge in [0.15, 0.2) is 5.69 Å². The van der Waals surface area contributed by atoms with Gasteiger partial charge in [0.2, 0.25) is 5.28 Å². The van der Waals surface area contributed by atoms with Crippen LogP contribution < -0.4 is 0 Å². The summed E-state index contributed by atoms with van der Waals surface area (Å²) in [4.78, 5) is 16.4. The second-order valence-corrected chi connectivity index (χ2v) is 6.58. The maximum Gasteiger partial charge on any atom is 0.434 e. The molecule has 142 valence electrons. The molecule has 4 aromatic rings. The molecule has 0 atom stereocenters. The summed E-state index contributed by atoms with van der Waals surface area (Å²) >= 11 is 6.00. The molecule has 0 amide bonds. The van der Waals surface area contributed by atoms with Gasteiger partial charge >= 0.3 is 6.18 Å². The largest absolute Gasteiger partial charge is 0.434 e. The molecule has 1 aromatic carbocycles. The number of hydrogen-bond acceptors (Lipinski definition) is 4. The third-order valence-electron chi connectivity index (χ3n) is 4.25. The monoisotopic (exact) mass is 403 g/mol. The van der Waals surface area contributed by atoms with Crippen LogP contribution in [0.4, 0.5) is 13.2 Å². The summed E-state index contributed by atoms with van der Waals surface area (Å²) in [6.45, 7) is 0. The highest BCUT2D eigenvalue weighted by atomic mass is 35.5. The van der Waals surface area contributed by atoms with E-state index in [0.717, 1.165) is 11.8 Å². The van der Waals surface area contributed by atoms with Crippen molar-refractivity contribution < 1.29 is 13.2 Å². The van der Waals surface area contributed by atoms with Crippen LogP contribution in [0.15, 0.2) is 48.8 Å². The Kier molecular flexibility index (Phi) is 4.50. The summed E-state index contributed by atoms with van der Waals surface area (Å²) in [5.74, 6) is 0.246. The topological polar surface area (TPSA) is 56.5 Å². The second-order valence-electron chi connectivity index (χ2n) is 6.24. The van der Waals surface area contributed by atoms with Gasteiger partial charge in [-0.3, -0.25) is 4.98 Å². The highest BCUT2D eigenvalue weighted by molar-refractivity contribution is 6.28. The fourth-order valence-electron chi connectivity index (χ4n) is 2.96. The maximum atomic E-state index is 12.9. The van der Waals surface area contributed by atoms with Crippen molar-refractivity contribution in [3.8, 4) is 11.4 Å². The number of hydrogen-bond donors (Lipinski definition) is 0. The van der Waals surface area contributed by atoms with Gasteiger partial charge < -0.3 is 4.57 Å². The summed E-state index contributed by atoms with van der Waals surface area (Å²) in [5, 5.41) is 0.139. The zero-order valence-electron chi connectivity index (χ0n) is 14.6. The quantitative estimate of drug-likeness (QED) is 0.466. The lowest BCUT2D eigenvalue weighted by Gasteiger charge is -2.07. The molecule has 0 fully saturated rings. The lowest BCUT2D eigenvalue weighted by molar-refractivity contribution is -0.140. The molecule has 3 heterocycles. The predicted octanol–water partition coefficient (Wildman–Crippen LogP) is 4.69. The Labute approximate surface area is 162 Å². The number of aromatic nitrogens is 5. The highest BCUT2D eigenvalue weighted by Crippen LogP contribution is 2.30. The molecule has 0 aliphatic rings. The van der Waals surface area contributed by atoms with E-state index in [4.69, 9.17) is 11.6 Å². The van der Waals surface area contributed by atoms with Crippen LogP contribution >= 0.6 is 11.6 Å². The van der Waals surface area contributed by atoms with Gasteiger partial charge in [0.25, 0.3) is 0 Å². The van der Waals surface area contributed by atoms with Crippen LogP contribution in [0.5, 0.6) is 0 Å². The average Bonchev–Trinajstić information content (AvgIpc) is 3.04. The fraction of sp³-hybridized carbons (Fsp3) is 0.158. The molecule has 0 aliphatic carbocycles. The molecule has 0 saturated carbocycles. The van der Waals surface area contributed by atoms with E-state index in [2.05, 4.69) is 19.9 Å². The van der Waals surface area contributed by atoms with E-state index >= 15 is 0 Å². The van der Waals surface area contributed by atoms with Gasteiger partial charge in [0.05, 0.1) is 11.2 Å². The standard InChI is InChI=1S/C19H13ClF3N5/c1-28-10-15(19(21,22)23)27-17(28)12-6-4-11(5-7-12)9-14-16-13(3-2-8-24-16)25-18(20)26-14/h2-8,10H,9H2,1H3. The Morgan fingerprint density at radius 3 is 2.46 bits per heavy atom. The van der Waals surface area contributed by atoms with Gasteiger partial charge in [0.1, 0.15) is 11.3 Å². The smallest absolute Gasteiger partial charge is 0.333 e. The number of imidazole rings is 1. The molecule has 0 radical (unpaired) electrons. The Balaban J connectivity index is 1.64. The van der Waals surface area contributed by atoms with Crippen LogP contribution in [-0.2, 0) is 19.6 Å². The number of fused-ring (bicyclic) bond motifs is 1. The number of alkyl halides is 3. The Bertz CT molecular complexity index is 1150. The van der Waals surface area contributed by atoms with Gasteiger partial charge in [-0.15, -0.1) is 0 Å². The predicted molar refractivity (Wildman–Crippen MR) is 98.8 cm³/mol. The Morgan fingerprint density at radius 2 is 1.79 bits per heavy atom. The van der Waals surface area contributed by atoms with Crippen molar-refractivity contribution in [1.82, 2.24) is 24.5 Å². The molecule has 0 bridgehead atoms. The number of benzene rings is 1. The van der Waals surface area contributed by atoms with E-state index in [1.54, 1.807) is 24.4 Å². The van der Waals surface area contributed by atoms with E-state index in [0.29, 0.717) is 28.7 Å². The molecular weight excluding hydrogens is 391 g/mol. The maximum absolute atomic E-state index is 12.9. The minimum absolute atomic E-state index is 0.139. The van der Waals surface area contributed by atoms with Crippen LogP contribution in [-0.4, -0.2) is 24.5 Å². The molecule has 0 spiro atoms. The summed E-state index contributed by atoms with van der Waals surface area (Å²) in [6, 6.07) is 10.7. The number of rotatable bonds is 3. The van der Waals surface area contributed by atoms with Crippen molar-refractivity contribution >= 4 is 22.6 Å². The van der Waals surface area contributed by atoms with E-state index in [9.17, 15) is 13.2 Å². The molecule has 0 N–H and O–H groups in total. The van der Waals surface area contributed by atoms with Crippen molar-refractivity contribution in [1.29, 1.82) is 0 Å². The minimum Gasteiger partial charge on any atom is -0.333 e. The molecule has 0 unspecified atom stereocenters. The van der Waals surface area contributed by atoms with Crippen LogP contribution in [0.2, 0.25) is 5.28 Å². The molecule has 4 rings (SSSR count). The summed E-state index contributed by atoms with van der Waals surface area (Å²) < 4.78 is 39.9. The molecular formula is C19H13ClF3N5. The lowest BCUT2D eigenvalue weighted by Crippen LogP contribution is -2.04. The summed E-state index contributed by atoms with van der Waals surface area (Å²) in [6.07, 6.45) is -1.38. The summed E-state index contributed by atoms with van der Waals surface area (Å²) in [7, 11) is 1.53. The van der Waals surface area contributed by atoms with E-state index in [1.807, 2.05) is 18.2 Å². The highest BCUT2D eigenvalue weighted by Gasteiger charge is 2.34. The average molecular weight is 404 g/mol. The van der Waals surface area contributed by atoms with Crippen LogP contribution in [0.1, 0.15) is 17.0 Å². The minimum atomic E-state index is -4.48. The zero-order chi connectivity index (χ0) is 19.9. The normalized spacial score (nSPS) is 11.9. The molecule has 0 saturated heterocycles. The van der Waals surface area contributed by atoms with Gasteiger partial charge in [-0.25, -0.2) is 15.0 Å². The van der Waals surface area contributed by atoms with Crippen molar-refractivity contribution in [3.05, 3.63) is 71.0 Å². The number of aryl methyl sites for hydroxylation is 1. The first kappa shape index (κ1) is 18.4. The molecule has 28 heavy (non-hydrogen) atoms. The van der Waals surface area contributed by atoms with E-state index in [-0.39, 0.29) is 11.1 Å². The van der Waals surface area contributed by atoms with Gasteiger partial charge in [-0.1, -0.05) is 24.3 Å². The van der Waals surface area contributed by atoms with E-state index in [1.165, 1.54) is 11.6 Å².